The van der Waals surface area contributed by atoms with Gasteiger partial charge in [0.1, 0.15) is 0 Å². The smallest absolute Gasteiger partial charge is 0.220 e. The van der Waals surface area contributed by atoms with E-state index in [0.29, 0.717) is 5.92 Å². The summed E-state index contributed by atoms with van der Waals surface area (Å²) in [4.78, 5) is 11.8. The number of hydrogen-bond acceptors (Lipinski definition) is 2. The van der Waals surface area contributed by atoms with Crippen molar-refractivity contribution < 1.29 is 4.79 Å². The Morgan fingerprint density at radius 3 is 2.89 bits per heavy atom. The van der Waals surface area contributed by atoms with Crippen molar-refractivity contribution in [1.82, 2.24) is 10.6 Å². The van der Waals surface area contributed by atoms with Crippen molar-refractivity contribution in [2.24, 2.45) is 5.92 Å². The fourth-order valence-electron chi connectivity index (χ4n) is 2.98. The van der Waals surface area contributed by atoms with Crippen LogP contribution in [0.2, 0.25) is 0 Å². The second kappa shape index (κ2) is 7.57. The molecule has 2 rings (SSSR count). The summed E-state index contributed by atoms with van der Waals surface area (Å²) in [6.07, 6.45) is 11.7. The molecule has 0 radical (unpaired) electrons. The van der Waals surface area contributed by atoms with Crippen LogP contribution in [0.1, 0.15) is 51.4 Å². The highest BCUT2D eigenvalue weighted by Crippen LogP contribution is 2.26. The largest absolute Gasteiger partial charge is 0.356 e. The molecule has 102 valence electrons. The van der Waals surface area contributed by atoms with Gasteiger partial charge in [-0.2, -0.15) is 0 Å². The topological polar surface area (TPSA) is 41.1 Å². The lowest BCUT2D eigenvalue weighted by Gasteiger charge is -2.21. The first-order valence-corrected chi connectivity index (χ1v) is 7.50. The predicted molar refractivity (Wildman–Crippen MR) is 74.4 cm³/mol. The first-order valence-electron chi connectivity index (χ1n) is 7.50. The van der Waals surface area contributed by atoms with E-state index in [1.165, 1.54) is 37.7 Å². The van der Waals surface area contributed by atoms with E-state index in [1.807, 2.05) is 0 Å². The van der Waals surface area contributed by atoms with Crippen LogP contribution in [-0.2, 0) is 4.79 Å². The molecule has 1 saturated carbocycles. The van der Waals surface area contributed by atoms with Crippen LogP contribution >= 0.6 is 0 Å². The van der Waals surface area contributed by atoms with Crippen molar-refractivity contribution in [1.29, 1.82) is 0 Å². The maximum atomic E-state index is 11.8. The van der Waals surface area contributed by atoms with Gasteiger partial charge in [0.2, 0.25) is 5.91 Å². The molecular formula is C15H26N2O. The van der Waals surface area contributed by atoms with Gasteiger partial charge in [0, 0.05) is 19.5 Å². The Bertz CT molecular complexity index is 293. The minimum Gasteiger partial charge on any atom is -0.356 e. The maximum Gasteiger partial charge on any atom is 0.220 e. The number of hydrogen-bond donors (Lipinski definition) is 2. The molecule has 18 heavy (non-hydrogen) atoms. The zero-order chi connectivity index (χ0) is 12.6. The fraction of sp³-hybridized carbons (Fsp3) is 0.800. The molecule has 0 aromatic carbocycles. The van der Waals surface area contributed by atoms with Crippen LogP contribution in [0, 0.1) is 5.92 Å². The summed E-state index contributed by atoms with van der Waals surface area (Å²) in [7, 11) is 0. The van der Waals surface area contributed by atoms with Crippen molar-refractivity contribution in [3.05, 3.63) is 11.6 Å². The van der Waals surface area contributed by atoms with Gasteiger partial charge in [-0.1, -0.05) is 30.9 Å². The molecular weight excluding hydrogens is 224 g/mol. The van der Waals surface area contributed by atoms with Crippen LogP contribution in [0.25, 0.3) is 0 Å². The molecule has 1 aliphatic carbocycles. The van der Waals surface area contributed by atoms with Gasteiger partial charge >= 0.3 is 0 Å². The van der Waals surface area contributed by atoms with Crippen molar-refractivity contribution in [3.63, 3.8) is 0 Å². The van der Waals surface area contributed by atoms with E-state index >= 15 is 0 Å². The van der Waals surface area contributed by atoms with E-state index < -0.39 is 0 Å². The Balaban J connectivity index is 1.57. The third-order valence-electron chi connectivity index (χ3n) is 4.13. The van der Waals surface area contributed by atoms with Gasteiger partial charge in [-0.3, -0.25) is 4.79 Å². The third-order valence-corrected chi connectivity index (χ3v) is 4.13. The summed E-state index contributed by atoms with van der Waals surface area (Å²) in [6, 6.07) is 0. The van der Waals surface area contributed by atoms with E-state index in [2.05, 4.69) is 16.7 Å². The predicted octanol–water partition coefficient (Wildman–Crippen LogP) is 2.38. The zero-order valence-corrected chi connectivity index (χ0v) is 11.3. The van der Waals surface area contributed by atoms with E-state index in [0.717, 1.165) is 38.9 Å². The highest BCUT2D eigenvalue weighted by Gasteiger charge is 2.16. The lowest BCUT2D eigenvalue weighted by Crippen LogP contribution is -2.28. The van der Waals surface area contributed by atoms with Crippen molar-refractivity contribution in [3.8, 4) is 0 Å². The number of nitrogens with one attached hydrogen (secondary N) is 2. The summed E-state index contributed by atoms with van der Waals surface area (Å²) in [5, 5.41) is 6.38. The lowest BCUT2D eigenvalue weighted by atomic mass is 9.87. The molecule has 2 N–H and O–H groups in total. The Morgan fingerprint density at radius 1 is 1.33 bits per heavy atom. The molecule has 0 aromatic heterocycles. The van der Waals surface area contributed by atoms with E-state index in [9.17, 15) is 4.79 Å². The van der Waals surface area contributed by atoms with E-state index in [1.54, 1.807) is 0 Å². The van der Waals surface area contributed by atoms with Crippen molar-refractivity contribution in [2.45, 2.75) is 51.4 Å². The monoisotopic (exact) mass is 250 g/mol. The average molecular weight is 250 g/mol. The Labute approximate surface area is 110 Å². The second-order valence-electron chi connectivity index (χ2n) is 5.62. The van der Waals surface area contributed by atoms with Gasteiger partial charge in [0.25, 0.3) is 0 Å². The molecule has 0 aromatic rings. The molecule has 2 aliphatic rings. The SMILES string of the molecule is O=C(CC1CCCCC1)NCCC1=CCNCC1. The third kappa shape index (κ3) is 4.81. The highest BCUT2D eigenvalue weighted by molar-refractivity contribution is 5.76. The van der Waals surface area contributed by atoms with Crippen LogP contribution in [0.4, 0.5) is 0 Å². The van der Waals surface area contributed by atoms with Crippen LogP contribution in [0.5, 0.6) is 0 Å². The molecule has 1 amide bonds. The molecule has 1 aliphatic heterocycles. The minimum atomic E-state index is 0.261. The van der Waals surface area contributed by atoms with E-state index in [-0.39, 0.29) is 5.91 Å². The summed E-state index contributed by atoms with van der Waals surface area (Å²) in [5.74, 6) is 0.910. The molecule has 1 heterocycles. The number of amides is 1. The van der Waals surface area contributed by atoms with Crippen LogP contribution in [0.15, 0.2) is 11.6 Å². The first-order chi connectivity index (χ1) is 8.84. The Morgan fingerprint density at radius 2 is 2.17 bits per heavy atom. The standard InChI is InChI=1S/C15H26N2O/c18-15(12-14-4-2-1-3-5-14)17-11-8-13-6-9-16-10-7-13/h6,14,16H,1-5,7-12H2,(H,17,18). The normalized spacial score (nSPS) is 21.4. The molecule has 0 atom stereocenters. The number of carbonyl (C=O) groups is 1. The molecule has 0 unspecified atom stereocenters. The quantitative estimate of drug-likeness (QED) is 0.736. The van der Waals surface area contributed by atoms with Gasteiger partial charge in [-0.15, -0.1) is 0 Å². The van der Waals surface area contributed by atoms with Gasteiger partial charge in [0.15, 0.2) is 0 Å². The van der Waals surface area contributed by atoms with Crippen molar-refractivity contribution >= 4 is 5.91 Å². The lowest BCUT2D eigenvalue weighted by molar-refractivity contribution is -0.122. The fourth-order valence-corrected chi connectivity index (χ4v) is 2.98. The summed E-state index contributed by atoms with van der Waals surface area (Å²) in [5.41, 5.74) is 1.49. The first kappa shape index (κ1) is 13.6. The summed E-state index contributed by atoms with van der Waals surface area (Å²) >= 11 is 0. The van der Waals surface area contributed by atoms with Gasteiger partial charge in [-0.25, -0.2) is 0 Å². The summed E-state index contributed by atoms with van der Waals surface area (Å²) < 4.78 is 0. The number of rotatable bonds is 5. The molecule has 0 bridgehead atoms. The van der Waals surface area contributed by atoms with Gasteiger partial charge in [-0.05, 0) is 38.1 Å². The Kier molecular flexibility index (Phi) is 5.72. The van der Waals surface area contributed by atoms with Crippen LogP contribution in [0.3, 0.4) is 0 Å². The van der Waals surface area contributed by atoms with Crippen LogP contribution in [-0.4, -0.2) is 25.5 Å². The Hall–Kier alpha value is -0.830. The van der Waals surface area contributed by atoms with Gasteiger partial charge < -0.3 is 10.6 Å². The van der Waals surface area contributed by atoms with Crippen LogP contribution < -0.4 is 10.6 Å². The minimum absolute atomic E-state index is 0.261. The molecule has 0 saturated heterocycles. The second-order valence-corrected chi connectivity index (χ2v) is 5.62. The summed E-state index contributed by atoms with van der Waals surface area (Å²) in [6.45, 7) is 2.89. The average Bonchev–Trinajstić information content (AvgIpc) is 2.41. The molecule has 0 spiro atoms. The molecule has 3 nitrogen and oxygen atoms in total. The highest BCUT2D eigenvalue weighted by atomic mass is 16.1. The zero-order valence-electron chi connectivity index (χ0n) is 11.3. The van der Waals surface area contributed by atoms with Gasteiger partial charge in [0.05, 0.1) is 0 Å². The molecule has 1 fully saturated rings. The van der Waals surface area contributed by atoms with E-state index in [4.69, 9.17) is 0 Å². The maximum absolute atomic E-state index is 11.8. The number of carbonyl (C=O) groups excluding carboxylic acids is 1. The molecule has 3 heteroatoms. The van der Waals surface area contributed by atoms with Crippen molar-refractivity contribution in [2.75, 3.05) is 19.6 Å².